The number of aliphatic hydroxyl groups excluding tert-OH is 2. The van der Waals surface area contributed by atoms with Crippen molar-refractivity contribution >= 4 is 35.4 Å². The van der Waals surface area contributed by atoms with Crippen molar-refractivity contribution in [3.8, 4) is 0 Å². The Balaban J connectivity index is 5.35. The lowest BCUT2D eigenvalue weighted by Gasteiger charge is -2.27. The van der Waals surface area contributed by atoms with Crippen LogP contribution < -0.4 is 32.3 Å². The molecule has 0 aromatic carbocycles. The van der Waals surface area contributed by atoms with Crippen molar-refractivity contribution < 1.29 is 39.0 Å². The number of carbonyl (C=O) groups excluding carboxylic acids is 6. The van der Waals surface area contributed by atoms with Crippen LogP contribution >= 0.6 is 0 Å². The molecule has 0 radical (unpaired) electrons. The van der Waals surface area contributed by atoms with E-state index in [1.54, 1.807) is 0 Å². The molecule has 14 nitrogen and oxygen atoms in total. The van der Waals surface area contributed by atoms with E-state index in [2.05, 4.69) is 26.6 Å². The minimum absolute atomic E-state index is 0.0196. The van der Waals surface area contributed by atoms with Gasteiger partial charge >= 0.3 is 0 Å². The lowest BCUT2D eigenvalue weighted by Crippen LogP contribution is -2.61. The molecule has 6 amide bonds. The van der Waals surface area contributed by atoms with Crippen LogP contribution in [0.25, 0.3) is 0 Å². The van der Waals surface area contributed by atoms with E-state index in [9.17, 15) is 39.0 Å². The predicted molar refractivity (Wildman–Crippen MR) is 138 cm³/mol. The summed E-state index contributed by atoms with van der Waals surface area (Å²) in [6.07, 6.45) is -0.850. The second-order valence-electron chi connectivity index (χ2n) is 10.2. The lowest BCUT2D eigenvalue weighted by atomic mass is 10.0. The van der Waals surface area contributed by atoms with Gasteiger partial charge in [-0.2, -0.15) is 0 Å². The minimum Gasteiger partial charge on any atom is -0.394 e. The first-order valence-corrected chi connectivity index (χ1v) is 12.6. The maximum absolute atomic E-state index is 12.8. The molecule has 0 aromatic rings. The average Bonchev–Trinajstić information content (AvgIpc) is 2.78. The van der Waals surface area contributed by atoms with Crippen LogP contribution in [0.5, 0.6) is 0 Å². The van der Waals surface area contributed by atoms with Crippen LogP contribution in [0, 0.1) is 11.8 Å². The molecule has 0 fully saturated rings. The Morgan fingerprint density at radius 3 is 1.55 bits per heavy atom. The molecule has 0 rings (SSSR count). The predicted octanol–water partition coefficient (Wildman–Crippen LogP) is -2.60. The van der Waals surface area contributed by atoms with Gasteiger partial charge < -0.3 is 42.5 Å². The average molecular weight is 545 g/mol. The van der Waals surface area contributed by atoms with Crippen LogP contribution in [0.3, 0.4) is 0 Å². The Morgan fingerprint density at radius 2 is 1.13 bits per heavy atom. The second-order valence-corrected chi connectivity index (χ2v) is 10.2. The summed E-state index contributed by atoms with van der Waals surface area (Å²) in [6.45, 7) is 10.4. The van der Waals surface area contributed by atoms with Crippen molar-refractivity contribution in [2.24, 2.45) is 17.6 Å². The molecule has 0 spiro atoms. The highest BCUT2D eigenvalue weighted by Crippen LogP contribution is 2.07. The number of amides is 6. The van der Waals surface area contributed by atoms with Gasteiger partial charge in [-0.1, -0.05) is 27.7 Å². The van der Waals surface area contributed by atoms with E-state index >= 15 is 0 Å². The standard InChI is InChI=1S/C24H44N6O8/c1-11(2)8-16(20(25)34)28-23(37)18(10-31)29-24(38)19(14(6)32)30-21(35)13(5)26-22(36)17(9-12(3)4)27-15(7)33/h11-14,16-19,31-32H,8-10H2,1-7H3,(H2,25,34)(H,26,36)(H,27,33)(H,28,37)(H,29,38)(H,30,35)/t13-,14+,16-,17-,18-,19-/m0/s1. The summed E-state index contributed by atoms with van der Waals surface area (Å²) < 4.78 is 0. The third kappa shape index (κ3) is 12.8. The highest BCUT2D eigenvalue weighted by molar-refractivity contribution is 5.96. The number of rotatable bonds is 16. The summed E-state index contributed by atoms with van der Waals surface area (Å²) in [5.74, 6) is -4.39. The molecule has 0 saturated heterocycles. The minimum atomic E-state index is -1.55. The summed E-state index contributed by atoms with van der Waals surface area (Å²) in [5, 5.41) is 31.6. The molecule has 6 atom stereocenters. The molecule has 0 aliphatic heterocycles. The normalized spacial score (nSPS) is 15.9. The molecule has 0 bridgehead atoms. The largest absolute Gasteiger partial charge is 0.394 e. The molecule has 38 heavy (non-hydrogen) atoms. The van der Waals surface area contributed by atoms with Crippen molar-refractivity contribution in [1.29, 1.82) is 0 Å². The van der Waals surface area contributed by atoms with Crippen LogP contribution in [0.4, 0.5) is 0 Å². The van der Waals surface area contributed by atoms with E-state index in [1.165, 1.54) is 20.8 Å². The molecule has 0 aromatic heterocycles. The van der Waals surface area contributed by atoms with Gasteiger partial charge in [0.1, 0.15) is 30.2 Å². The van der Waals surface area contributed by atoms with Gasteiger partial charge in [0.15, 0.2) is 0 Å². The zero-order valence-corrected chi connectivity index (χ0v) is 23.2. The van der Waals surface area contributed by atoms with E-state index in [0.717, 1.165) is 0 Å². The number of nitrogens with one attached hydrogen (secondary N) is 5. The van der Waals surface area contributed by atoms with Gasteiger partial charge in [-0.25, -0.2) is 0 Å². The Bertz CT molecular complexity index is 848. The van der Waals surface area contributed by atoms with Gasteiger partial charge in [0.05, 0.1) is 12.7 Å². The number of aliphatic hydroxyl groups is 2. The fourth-order valence-electron chi connectivity index (χ4n) is 3.46. The Morgan fingerprint density at radius 1 is 0.658 bits per heavy atom. The number of carbonyl (C=O) groups is 6. The molecule has 0 unspecified atom stereocenters. The third-order valence-electron chi connectivity index (χ3n) is 5.40. The lowest BCUT2D eigenvalue weighted by molar-refractivity contribution is -0.137. The van der Waals surface area contributed by atoms with E-state index in [-0.39, 0.29) is 18.3 Å². The van der Waals surface area contributed by atoms with Crippen LogP contribution in [0.2, 0.25) is 0 Å². The van der Waals surface area contributed by atoms with E-state index < -0.39 is 78.4 Å². The summed E-state index contributed by atoms with van der Waals surface area (Å²) in [5.41, 5.74) is 5.31. The summed E-state index contributed by atoms with van der Waals surface area (Å²) in [6, 6.07) is -6.09. The quantitative estimate of drug-likeness (QED) is 0.102. The van der Waals surface area contributed by atoms with E-state index in [4.69, 9.17) is 5.73 Å². The molecular weight excluding hydrogens is 500 g/mol. The number of hydrogen-bond donors (Lipinski definition) is 8. The molecule has 9 N–H and O–H groups in total. The van der Waals surface area contributed by atoms with Crippen molar-refractivity contribution in [2.45, 2.75) is 97.6 Å². The van der Waals surface area contributed by atoms with Crippen LogP contribution in [0.1, 0.15) is 61.3 Å². The first-order valence-electron chi connectivity index (χ1n) is 12.6. The zero-order chi connectivity index (χ0) is 29.7. The molecule has 218 valence electrons. The van der Waals surface area contributed by atoms with Crippen molar-refractivity contribution in [3.63, 3.8) is 0 Å². The van der Waals surface area contributed by atoms with Crippen molar-refractivity contribution in [2.75, 3.05) is 6.61 Å². The molecule has 14 heteroatoms. The summed E-state index contributed by atoms with van der Waals surface area (Å²) in [4.78, 5) is 73.7. The Labute approximate surface area is 223 Å². The fraction of sp³-hybridized carbons (Fsp3) is 0.750. The molecule has 0 aliphatic rings. The smallest absolute Gasteiger partial charge is 0.245 e. The fourth-order valence-corrected chi connectivity index (χ4v) is 3.46. The van der Waals surface area contributed by atoms with Gasteiger partial charge in [-0.3, -0.25) is 28.8 Å². The van der Waals surface area contributed by atoms with Crippen molar-refractivity contribution in [3.05, 3.63) is 0 Å². The molecule has 0 saturated carbocycles. The highest BCUT2D eigenvalue weighted by atomic mass is 16.3. The van der Waals surface area contributed by atoms with E-state index in [1.807, 2.05) is 27.7 Å². The zero-order valence-electron chi connectivity index (χ0n) is 23.2. The van der Waals surface area contributed by atoms with Gasteiger partial charge in [0.2, 0.25) is 35.4 Å². The van der Waals surface area contributed by atoms with Crippen LogP contribution in [0.15, 0.2) is 0 Å². The maximum Gasteiger partial charge on any atom is 0.245 e. The van der Waals surface area contributed by atoms with Gasteiger partial charge in [-0.15, -0.1) is 0 Å². The number of nitrogens with two attached hydrogens (primary N) is 1. The van der Waals surface area contributed by atoms with Gasteiger partial charge in [0.25, 0.3) is 0 Å². The molecule has 0 heterocycles. The number of hydrogen-bond acceptors (Lipinski definition) is 8. The molecule has 0 aliphatic carbocycles. The summed E-state index contributed by atoms with van der Waals surface area (Å²) >= 11 is 0. The third-order valence-corrected chi connectivity index (χ3v) is 5.40. The topological polar surface area (TPSA) is 229 Å². The summed E-state index contributed by atoms with van der Waals surface area (Å²) in [7, 11) is 0. The SMILES string of the molecule is CC(=O)N[C@@H](CC(C)C)C(=O)N[C@@H](C)C(=O)N[C@H](C(=O)N[C@@H](CO)C(=O)N[C@@H](CC(C)C)C(N)=O)[C@@H](C)O. The van der Waals surface area contributed by atoms with E-state index in [0.29, 0.717) is 6.42 Å². The highest BCUT2D eigenvalue weighted by Gasteiger charge is 2.33. The Hall–Kier alpha value is -3.26. The molecular formula is C24H44N6O8. The Kier molecular flexibility index (Phi) is 15.1. The van der Waals surface area contributed by atoms with Crippen molar-refractivity contribution in [1.82, 2.24) is 26.6 Å². The first-order chi connectivity index (χ1) is 17.5. The monoisotopic (exact) mass is 544 g/mol. The number of primary amides is 1. The van der Waals surface area contributed by atoms with Crippen LogP contribution in [-0.2, 0) is 28.8 Å². The van der Waals surface area contributed by atoms with Crippen LogP contribution in [-0.4, -0.2) is 88.6 Å². The van der Waals surface area contributed by atoms with Gasteiger partial charge in [-0.05, 0) is 38.5 Å². The first kappa shape index (κ1) is 34.7. The van der Waals surface area contributed by atoms with Gasteiger partial charge in [0, 0.05) is 6.92 Å². The second kappa shape index (κ2) is 16.6. The maximum atomic E-state index is 12.8.